The number of benzene rings is 1. The van der Waals surface area contributed by atoms with E-state index in [1.54, 1.807) is 18.4 Å². The molecule has 4 nitrogen and oxygen atoms in total. The first kappa shape index (κ1) is 16.8. The van der Waals surface area contributed by atoms with Crippen LogP contribution in [0.15, 0.2) is 41.7 Å². The van der Waals surface area contributed by atoms with E-state index in [0.717, 1.165) is 18.4 Å². The van der Waals surface area contributed by atoms with Gasteiger partial charge >= 0.3 is 5.97 Å². The van der Waals surface area contributed by atoms with E-state index in [1.807, 2.05) is 6.92 Å². The molecule has 0 heterocycles. The van der Waals surface area contributed by atoms with Crippen molar-refractivity contribution in [2.24, 2.45) is 0 Å². The van der Waals surface area contributed by atoms with E-state index in [2.05, 4.69) is 24.7 Å². The summed E-state index contributed by atoms with van der Waals surface area (Å²) >= 11 is 0. The summed E-state index contributed by atoms with van der Waals surface area (Å²) in [6, 6.07) is 4.42. The predicted molar refractivity (Wildman–Crippen MR) is 82.5 cm³/mol. The van der Waals surface area contributed by atoms with Gasteiger partial charge in [-0.1, -0.05) is 11.6 Å². The lowest BCUT2D eigenvalue weighted by atomic mass is 10.1. The number of ether oxygens (including phenoxy) is 2. The second kappa shape index (κ2) is 8.15. The quantitative estimate of drug-likeness (QED) is 0.484. The largest absolute Gasteiger partial charge is 0.504 e. The van der Waals surface area contributed by atoms with Crippen LogP contribution in [0.3, 0.4) is 0 Å². The Hall–Kier alpha value is -2.23. The second-order valence-electron chi connectivity index (χ2n) is 5.08. The van der Waals surface area contributed by atoms with Gasteiger partial charge in [0.25, 0.3) is 0 Å². The Morgan fingerprint density at radius 2 is 2.00 bits per heavy atom. The average molecular weight is 290 g/mol. The molecule has 0 radical (unpaired) electrons. The number of phenolic OH excluding ortho intramolecular Hbond substituents is 1. The number of allylic oxidation sites excluding steroid dienone is 3. The third-order valence-corrected chi connectivity index (χ3v) is 2.86. The minimum absolute atomic E-state index is 0.0914. The molecule has 1 aromatic carbocycles. The van der Waals surface area contributed by atoms with Gasteiger partial charge in [-0.15, -0.1) is 0 Å². The normalized spacial score (nSPS) is 11.0. The SMILES string of the molecule is COC(=O)c1ccc(O/C=C(\C)CCC=C(C)C)c(O)c1. The van der Waals surface area contributed by atoms with Crippen molar-refractivity contribution in [3.63, 3.8) is 0 Å². The number of methoxy groups -OCH3 is 1. The monoisotopic (exact) mass is 290 g/mol. The van der Waals surface area contributed by atoms with E-state index in [-0.39, 0.29) is 11.3 Å². The van der Waals surface area contributed by atoms with E-state index in [0.29, 0.717) is 5.75 Å². The number of aromatic hydroxyl groups is 1. The zero-order valence-corrected chi connectivity index (χ0v) is 13.0. The predicted octanol–water partition coefficient (Wildman–Crippen LogP) is 4.21. The standard InChI is InChI=1S/C17H22O4/c1-12(2)6-5-7-13(3)11-21-16-9-8-14(10-15(16)18)17(19)20-4/h6,8-11,18H,5,7H2,1-4H3/b13-11+. The lowest BCUT2D eigenvalue weighted by Crippen LogP contribution is -2.00. The molecule has 114 valence electrons. The summed E-state index contributed by atoms with van der Waals surface area (Å²) in [6.07, 6.45) is 5.64. The van der Waals surface area contributed by atoms with Crippen LogP contribution in [-0.2, 0) is 4.74 Å². The summed E-state index contributed by atoms with van der Waals surface area (Å²) < 4.78 is 10.0. The van der Waals surface area contributed by atoms with E-state index in [1.165, 1.54) is 18.7 Å². The first-order chi connectivity index (χ1) is 9.93. The summed E-state index contributed by atoms with van der Waals surface area (Å²) in [5, 5.41) is 9.83. The summed E-state index contributed by atoms with van der Waals surface area (Å²) in [7, 11) is 1.29. The van der Waals surface area contributed by atoms with Crippen LogP contribution < -0.4 is 4.74 Å². The maximum atomic E-state index is 11.3. The highest BCUT2D eigenvalue weighted by atomic mass is 16.5. The molecule has 0 bridgehead atoms. The van der Waals surface area contributed by atoms with E-state index in [4.69, 9.17) is 4.74 Å². The molecule has 0 aliphatic carbocycles. The summed E-state index contributed by atoms with van der Waals surface area (Å²) in [5.74, 6) is -0.277. The van der Waals surface area contributed by atoms with Gasteiger partial charge in [0.05, 0.1) is 18.9 Å². The third-order valence-electron chi connectivity index (χ3n) is 2.86. The van der Waals surface area contributed by atoms with Crippen LogP contribution in [0.4, 0.5) is 0 Å². The molecule has 0 aliphatic rings. The number of esters is 1. The van der Waals surface area contributed by atoms with Crippen LogP contribution in [0.5, 0.6) is 11.5 Å². The Kier molecular flexibility index (Phi) is 6.53. The molecule has 0 unspecified atom stereocenters. The van der Waals surface area contributed by atoms with Gasteiger partial charge in [-0.2, -0.15) is 0 Å². The van der Waals surface area contributed by atoms with Crippen LogP contribution >= 0.6 is 0 Å². The molecule has 0 aromatic heterocycles. The zero-order valence-electron chi connectivity index (χ0n) is 13.0. The lowest BCUT2D eigenvalue weighted by Gasteiger charge is -2.06. The Morgan fingerprint density at radius 3 is 2.57 bits per heavy atom. The molecule has 1 N–H and O–H groups in total. The molecule has 1 rings (SSSR count). The minimum Gasteiger partial charge on any atom is -0.504 e. The molecule has 0 spiro atoms. The average Bonchev–Trinajstić information content (AvgIpc) is 2.44. The molecule has 4 heteroatoms. The van der Waals surface area contributed by atoms with Crippen LogP contribution in [0.1, 0.15) is 44.0 Å². The molecule has 1 aromatic rings. The highest BCUT2D eigenvalue weighted by molar-refractivity contribution is 5.90. The van der Waals surface area contributed by atoms with Crippen molar-refractivity contribution in [3.8, 4) is 11.5 Å². The van der Waals surface area contributed by atoms with E-state index in [9.17, 15) is 9.90 Å². The van der Waals surface area contributed by atoms with Crippen molar-refractivity contribution >= 4 is 5.97 Å². The third kappa shape index (κ3) is 5.73. The molecule has 21 heavy (non-hydrogen) atoms. The van der Waals surface area contributed by atoms with Crippen molar-refractivity contribution in [2.75, 3.05) is 7.11 Å². The first-order valence-corrected chi connectivity index (χ1v) is 6.81. The molecule has 0 amide bonds. The van der Waals surface area contributed by atoms with Crippen LogP contribution in [-0.4, -0.2) is 18.2 Å². The van der Waals surface area contributed by atoms with Gasteiger partial charge in [0.15, 0.2) is 11.5 Å². The molecular weight excluding hydrogens is 268 g/mol. The maximum absolute atomic E-state index is 11.3. The van der Waals surface area contributed by atoms with Crippen molar-refractivity contribution < 1.29 is 19.4 Å². The Labute approximate surface area is 125 Å². The topological polar surface area (TPSA) is 55.8 Å². The van der Waals surface area contributed by atoms with Gasteiger partial charge < -0.3 is 14.6 Å². The molecular formula is C17H22O4. The first-order valence-electron chi connectivity index (χ1n) is 6.81. The maximum Gasteiger partial charge on any atom is 0.337 e. The van der Waals surface area contributed by atoms with Crippen molar-refractivity contribution in [3.05, 3.63) is 47.2 Å². The zero-order chi connectivity index (χ0) is 15.8. The van der Waals surface area contributed by atoms with Gasteiger partial charge in [-0.05, 0) is 57.4 Å². The van der Waals surface area contributed by atoms with Gasteiger partial charge in [0, 0.05) is 0 Å². The highest BCUT2D eigenvalue weighted by Gasteiger charge is 2.09. The van der Waals surface area contributed by atoms with Crippen molar-refractivity contribution in [1.82, 2.24) is 0 Å². The van der Waals surface area contributed by atoms with Gasteiger partial charge in [-0.25, -0.2) is 4.79 Å². The number of rotatable bonds is 6. The second-order valence-corrected chi connectivity index (χ2v) is 5.08. The number of phenols is 1. The Bertz CT molecular complexity index is 552. The summed E-state index contributed by atoms with van der Waals surface area (Å²) in [5.41, 5.74) is 2.65. The van der Waals surface area contributed by atoms with Gasteiger partial charge in [0.2, 0.25) is 0 Å². The van der Waals surface area contributed by atoms with Crippen molar-refractivity contribution in [2.45, 2.75) is 33.6 Å². The van der Waals surface area contributed by atoms with E-state index >= 15 is 0 Å². The highest BCUT2D eigenvalue weighted by Crippen LogP contribution is 2.27. The van der Waals surface area contributed by atoms with E-state index < -0.39 is 5.97 Å². The smallest absolute Gasteiger partial charge is 0.337 e. The summed E-state index contributed by atoms with van der Waals surface area (Å²) in [4.78, 5) is 11.3. The minimum atomic E-state index is -0.495. The van der Waals surface area contributed by atoms with Crippen molar-refractivity contribution in [1.29, 1.82) is 0 Å². The van der Waals surface area contributed by atoms with Gasteiger partial charge in [0.1, 0.15) is 0 Å². The fourth-order valence-electron chi connectivity index (χ4n) is 1.67. The van der Waals surface area contributed by atoms with Crippen LogP contribution in [0.25, 0.3) is 0 Å². The number of hydrogen-bond donors (Lipinski definition) is 1. The number of carbonyl (C=O) groups excluding carboxylic acids is 1. The molecule has 0 aliphatic heterocycles. The molecule has 0 saturated carbocycles. The molecule has 0 saturated heterocycles. The fourth-order valence-corrected chi connectivity index (χ4v) is 1.67. The Morgan fingerprint density at radius 1 is 1.29 bits per heavy atom. The summed E-state index contributed by atoms with van der Waals surface area (Å²) in [6.45, 7) is 6.10. The lowest BCUT2D eigenvalue weighted by molar-refractivity contribution is 0.0600. The Balaban J connectivity index is 2.67. The van der Waals surface area contributed by atoms with Gasteiger partial charge in [-0.3, -0.25) is 0 Å². The molecule has 0 atom stereocenters. The number of carbonyl (C=O) groups is 1. The van der Waals surface area contributed by atoms with Crippen LogP contribution in [0, 0.1) is 0 Å². The fraction of sp³-hybridized carbons (Fsp3) is 0.353. The number of hydrogen-bond acceptors (Lipinski definition) is 4. The molecule has 0 fully saturated rings. The van der Waals surface area contributed by atoms with Crippen LogP contribution in [0.2, 0.25) is 0 Å².